The molecule has 0 bridgehead atoms. The zero-order valence-corrected chi connectivity index (χ0v) is 15.2. The van der Waals surface area contributed by atoms with E-state index in [2.05, 4.69) is 34.1 Å². The standard InChI is InChI=1S/C20H26N2O3/c1-23-18-7-5-4-6-16(18)15-21-10-12-22(13-11-21)17-8-9-19(24-2)20(14-17)25-3/h4-9,14H,10-13,15H2,1-3H3. The number of piperazine rings is 1. The first-order valence-electron chi connectivity index (χ1n) is 8.56. The topological polar surface area (TPSA) is 34.2 Å². The van der Waals surface area contributed by atoms with E-state index in [4.69, 9.17) is 14.2 Å². The fourth-order valence-electron chi connectivity index (χ4n) is 3.26. The predicted molar refractivity (Wildman–Crippen MR) is 100 cm³/mol. The summed E-state index contributed by atoms with van der Waals surface area (Å²) < 4.78 is 16.2. The molecule has 0 saturated carbocycles. The lowest BCUT2D eigenvalue weighted by atomic mass is 10.1. The van der Waals surface area contributed by atoms with Crippen molar-refractivity contribution in [2.24, 2.45) is 0 Å². The maximum atomic E-state index is 5.46. The molecule has 0 aromatic heterocycles. The summed E-state index contributed by atoms with van der Waals surface area (Å²) in [6.07, 6.45) is 0. The highest BCUT2D eigenvalue weighted by Gasteiger charge is 2.19. The zero-order valence-electron chi connectivity index (χ0n) is 15.2. The molecule has 134 valence electrons. The molecule has 25 heavy (non-hydrogen) atoms. The van der Waals surface area contributed by atoms with Gasteiger partial charge in [0.05, 0.1) is 21.3 Å². The van der Waals surface area contributed by atoms with Gasteiger partial charge in [-0.1, -0.05) is 18.2 Å². The third-order valence-corrected chi connectivity index (χ3v) is 4.69. The van der Waals surface area contributed by atoms with Crippen LogP contribution in [0, 0.1) is 0 Å². The van der Waals surface area contributed by atoms with Gasteiger partial charge in [0.15, 0.2) is 11.5 Å². The molecule has 1 heterocycles. The average Bonchev–Trinajstić information content (AvgIpc) is 2.68. The summed E-state index contributed by atoms with van der Waals surface area (Å²) >= 11 is 0. The molecule has 0 radical (unpaired) electrons. The molecule has 1 fully saturated rings. The van der Waals surface area contributed by atoms with E-state index in [1.807, 2.05) is 18.2 Å². The Morgan fingerprint density at radius 2 is 1.44 bits per heavy atom. The number of benzene rings is 2. The van der Waals surface area contributed by atoms with Crippen molar-refractivity contribution < 1.29 is 14.2 Å². The quantitative estimate of drug-likeness (QED) is 0.806. The van der Waals surface area contributed by atoms with E-state index in [1.54, 1.807) is 21.3 Å². The number of rotatable bonds is 6. The van der Waals surface area contributed by atoms with Crippen LogP contribution in [0.5, 0.6) is 17.2 Å². The smallest absolute Gasteiger partial charge is 0.162 e. The van der Waals surface area contributed by atoms with Gasteiger partial charge in [-0.15, -0.1) is 0 Å². The van der Waals surface area contributed by atoms with Gasteiger partial charge in [-0.3, -0.25) is 4.90 Å². The third kappa shape index (κ3) is 3.99. The molecule has 0 spiro atoms. The second kappa shape index (κ2) is 8.12. The van der Waals surface area contributed by atoms with Crippen LogP contribution in [0.2, 0.25) is 0 Å². The summed E-state index contributed by atoms with van der Waals surface area (Å²) in [5.41, 5.74) is 2.42. The van der Waals surface area contributed by atoms with Crippen molar-refractivity contribution in [3.8, 4) is 17.2 Å². The summed E-state index contributed by atoms with van der Waals surface area (Å²) in [7, 11) is 5.06. The summed E-state index contributed by atoms with van der Waals surface area (Å²) in [5.74, 6) is 2.50. The monoisotopic (exact) mass is 342 g/mol. The first-order chi connectivity index (χ1) is 12.2. The van der Waals surface area contributed by atoms with Crippen LogP contribution >= 0.6 is 0 Å². The molecule has 0 atom stereocenters. The minimum atomic E-state index is 0.765. The summed E-state index contributed by atoms with van der Waals surface area (Å²) in [5, 5.41) is 0. The number of nitrogens with zero attached hydrogens (tertiary/aromatic N) is 2. The zero-order chi connectivity index (χ0) is 17.6. The second-order valence-corrected chi connectivity index (χ2v) is 6.11. The Labute approximate surface area is 149 Å². The van der Waals surface area contributed by atoms with Gasteiger partial charge < -0.3 is 19.1 Å². The highest BCUT2D eigenvalue weighted by Crippen LogP contribution is 2.32. The fraction of sp³-hybridized carbons (Fsp3) is 0.400. The van der Waals surface area contributed by atoms with Crippen molar-refractivity contribution in [3.05, 3.63) is 48.0 Å². The Bertz CT molecular complexity index is 697. The van der Waals surface area contributed by atoms with Crippen LogP contribution in [0.3, 0.4) is 0 Å². The summed E-state index contributed by atoms with van der Waals surface area (Å²) in [6, 6.07) is 14.4. The molecule has 0 unspecified atom stereocenters. The molecule has 5 heteroatoms. The van der Waals surface area contributed by atoms with Crippen LogP contribution < -0.4 is 19.1 Å². The van der Waals surface area contributed by atoms with Crippen molar-refractivity contribution in [1.29, 1.82) is 0 Å². The number of ether oxygens (including phenoxy) is 3. The Hall–Kier alpha value is -2.40. The minimum Gasteiger partial charge on any atom is -0.496 e. The molecule has 0 amide bonds. The molecule has 5 nitrogen and oxygen atoms in total. The Morgan fingerprint density at radius 1 is 0.760 bits per heavy atom. The van der Waals surface area contributed by atoms with Gasteiger partial charge in [0, 0.05) is 50.0 Å². The second-order valence-electron chi connectivity index (χ2n) is 6.11. The molecule has 2 aromatic carbocycles. The normalized spacial score (nSPS) is 15.1. The van der Waals surface area contributed by atoms with Gasteiger partial charge in [-0.2, -0.15) is 0 Å². The lowest BCUT2D eigenvalue weighted by molar-refractivity contribution is 0.246. The molecule has 0 N–H and O–H groups in total. The first-order valence-corrected chi connectivity index (χ1v) is 8.56. The third-order valence-electron chi connectivity index (χ3n) is 4.69. The van der Waals surface area contributed by atoms with Crippen molar-refractivity contribution >= 4 is 5.69 Å². The van der Waals surface area contributed by atoms with Crippen molar-refractivity contribution in [1.82, 2.24) is 4.90 Å². The number of hydrogen-bond donors (Lipinski definition) is 0. The molecule has 1 aliphatic heterocycles. The van der Waals surface area contributed by atoms with Crippen LogP contribution in [0.1, 0.15) is 5.56 Å². The fourth-order valence-corrected chi connectivity index (χ4v) is 3.26. The van der Waals surface area contributed by atoms with E-state index in [9.17, 15) is 0 Å². The van der Waals surface area contributed by atoms with E-state index in [1.165, 1.54) is 11.3 Å². The van der Waals surface area contributed by atoms with Gasteiger partial charge in [0.2, 0.25) is 0 Å². The summed E-state index contributed by atoms with van der Waals surface area (Å²) in [4.78, 5) is 4.86. The van der Waals surface area contributed by atoms with E-state index >= 15 is 0 Å². The van der Waals surface area contributed by atoms with E-state index in [0.29, 0.717) is 0 Å². The Morgan fingerprint density at radius 3 is 2.12 bits per heavy atom. The van der Waals surface area contributed by atoms with Gasteiger partial charge in [0.1, 0.15) is 5.75 Å². The minimum absolute atomic E-state index is 0.765. The van der Waals surface area contributed by atoms with Crippen LogP contribution in [0.4, 0.5) is 5.69 Å². The lowest BCUT2D eigenvalue weighted by Gasteiger charge is -2.36. The van der Waals surface area contributed by atoms with Gasteiger partial charge in [-0.05, 0) is 18.2 Å². The Kier molecular flexibility index (Phi) is 5.66. The lowest BCUT2D eigenvalue weighted by Crippen LogP contribution is -2.46. The maximum Gasteiger partial charge on any atom is 0.162 e. The predicted octanol–water partition coefficient (Wildman–Crippen LogP) is 3.03. The highest BCUT2D eigenvalue weighted by atomic mass is 16.5. The van der Waals surface area contributed by atoms with Gasteiger partial charge >= 0.3 is 0 Å². The number of methoxy groups -OCH3 is 3. The van der Waals surface area contributed by atoms with Crippen LogP contribution in [-0.4, -0.2) is 52.4 Å². The van der Waals surface area contributed by atoms with Crippen molar-refractivity contribution in [2.75, 3.05) is 52.4 Å². The van der Waals surface area contributed by atoms with Gasteiger partial charge in [-0.25, -0.2) is 0 Å². The highest BCUT2D eigenvalue weighted by molar-refractivity contribution is 5.56. The van der Waals surface area contributed by atoms with Crippen LogP contribution in [0.15, 0.2) is 42.5 Å². The first kappa shape index (κ1) is 17.4. The average molecular weight is 342 g/mol. The van der Waals surface area contributed by atoms with Crippen LogP contribution in [0.25, 0.3) is 0 Å². The van der Waals surface area contributed by atoms with Crippen molar-refractivity contribution in [3.63, 3.8) is 0 Å². The van der Waals surface area contributed by atoms with Crippen molar-refractivity contribution in [2.45, 2.75) is 6.54 Å². The number of anilines is 1. The van der Waals surface area contributed by atoms with Gasteiger partial charge in [0.25, 0.3) is 0 Å². The Balaban J connectivity index is 1.62. The largest absolute Gasteiger partial charge is 0.496 e. The molecule has 1 aliphatic rings. The van der Waals surface area contributed by atoms with E-state index in [0.717, 1.165) is 50.0 Å². The molecule has 2 aromatic rings. The maximum absolute atomic E-state index is 5.46. The van der Waals surface area contributed by atoms with E-state index < -0.39 is 0 Å². The molecular weight excluding hydrogens is 316 g/mol. The molecular formula is C20H26N2O3. The van der Waals surface area contributed by atoms with Crippen LogP contribution in [-0.2, 0) is 6.54 Å². The summed E-state index contributed by atoms with van der Waals surface area (Å²) in [6.45, 7) is 4.94. The van der Waals surface area contributed by atoms with E-state index in [-0.39, 0.29) is 0 Å². The SMILES string of the molecule is COc1ccccc1CN1CCN(c2ccc(OC)c(OC)c2)CC1. The number of hydrogen-bond acceptors (Lipinski definition) is 5. The number of para-hydroxylation sites is 1. The molecule has 1 saturated heterocycles. The molecule has 0 aliphatic carbocycles. The molecule has 3 rings (SSSR count).